The summed E-state index contributed by atoms with van der Waals surface area (Å²) in [6, 6.07) is 2.33. The molecule has 3 atom stereocenters. The first-order valence-electron chi connectivity index (χ1n) is 8.84. The number of nitrogens with one attached hydrogen (secondary N) is 1. The topological polar surface area (TPSA) is 35.6 Å². The van der Waals surface area contributed by atoms with Crippen molar-refractivity contribution >= 4 is 5.91 Å². The van der Waals surface area contributed by atoms with Crippen LogP contribution in [0.4, 0.5) is 0 Å². The van der Waals surface area contributed by atoms with Gasteiger partial charge in [0, 0.05) is 30.7 Å². The Morgan fingerprint density at radius 3 is 2.33 bits per heavy atom. The van der Waals surface area contributed by atoms with E-state index in [9.17, 15) is 4.79 Å². The van der Waals surface area contributed by atoms with E-state index in [1.54, 1.807) is 0 Å². The Balaban J connectivity index is 1.67. The van der Waals surface area contributed by atoms with E-state index in [0.29, 0.717) is 30.1 Å². The normalized spacial score (nSPS) is 38.1. The lowest BCUT2D eigenvalue weighted by Crippen LogP contribution is -2.60. The fourth-order valence-corrected chi connectivity index (χ4v) is 4.66. The second kappa shape index (κ2) is 6.25. The zero-order valence-corrected chi connectivity index (χ0v) is 13.8. The van der Waals surface area contributed by atoms with Crippen LogP contribution in [0.5, 0.6) is 0 Å². The van der Waals surface area contributed by atoms with Gasteiger partial charge in [-0.3, -0.25) is 4.79 Å². The van der Waals surface area contributed by atoms with Crippen LogP contribution >= 0.6 is 0 Å². The standard InChI is InChI=1S/C17H31N3O/c1-12(2)18-16-8-5-9-20(17(16)21)15-10-13-6-4-7-14(11-15)19(13)3/h12-16,18H,4-11H2,1-3H3. The highest BCUT2D eigenvalue weighted by Gasteiger charge is 2.41. The summed E-state index contributed by atoms with van der Waals surface area (Å²) in [4.78, 5) is 17.6. The predicted octanol–water partition coefficient (Wildman–Crippen LogP) is 1.99. The Labute approximate surface area is 129 Å². The van der Waals surface area contributed by atoms with Gasteiger partial charge < -0.3 is 15.1 Å². The number of hydrogen-bond acceptors (Lipinski definition) is 3. The number of fused-ring (bicyclic) bond motifs is 2. The number of carbonyl (C=O) groups is 1. The van der Waals surface area contributed by atoms with Gasteiger partial charge in [-0.15, -0.1) is 0 Å². The quantitative estimate of drug-likeness (QED) is 0.864. The molecule has 1 N–H and O–H groups in total. The molecule has 4 nitrogen and oxygen atoms in total. The fourth-order valence-electron chi connectivity index (χ4n) is 4.66. The molecule has 120 valence electrons. The molecule has 0 aromatic rings. The van der Waals surface area contributed by atoms with Crippen LogP contribution in [0.2, 0.25) is 0 Å². The minimum Gasteiger partial charge on any atom is -0.338 e. The minimum absolute atomic E-state index is 0.0539. The van der Waals surface area contributed by atoms with Crippen LogP contribution in [0.15, 0.2) is 0 Å². The van der Waals surface area contributed by atoms with Crippen molar-refractivity contribution in [2.45, 2.75) is 89.0 Å². The monoisotopic (exact) mass is 293 g/mol. The lowest BCUT2D eigenvalue weighted by atomic mass is 9.81. The van der Waals surface area contributed by atoms with Gasteiger partial charge in [0.25, 0.3) is 0 Å². The van der Waals surface area contributed by atoms with Crippen LogP contribution in [-0.2, 0) is 4.79 Å². The van der Waals surface area contributed by atoms with Crippen molar-refractivity contribution in [3.05, 3.63) is 0 Å². The Hall–Kier alpha value is -0.610. The summed E-state index contributed by atoms with van der Waals surface area (Å²) in [6.07, 6.45) is 8.54. The van der Waals surface area contributed by atoms with Crippen molar-refractivity contribution in [2.24, 2.45) is 0 Å². The van der Waals surface area contributed by atoms with E-state index in [1.807, 2.05) is 0 Å². The number of rotatable bonds is 3. The summed E-state index contributed by atoms with van der Waals surface area (Å²) in [7, 11) is 2.28. The van der Waals surface area contributed by atoms with E-state index in [2.05, 4.69) is 36.0 Å². The predicted molar refractivity (Wildman–Crippen MR) is 85.2 cm³/mol. The third-order valence-corrected chi connectivity index (χ3v) is 5.76. The molecule has 3 aliphatic rings. The molecule has 0 aromatic carbocycles. The van der Waals surface area contributed by atoms with Crippen molar-refractivity contribution < 1.29 is 4.79 Å². The molecule has 3 saturated heterocycles. The van der Waals surface area contributed by atoms with E-state index in [4.69, 9.17) is 0 Å². The maximum Gasteiger partial charge on any atom is 0.239 e. The summed E-state index contributed by atoms with van der Waals surface area (Å²) in [6.45, 7) is 5.24. The van der Waals surface area contributed by atoms with Gasteiger partial charge in [-0.25, -0.2) is 0 Å². The SMILES string of the molecule is CC(C)NC1CCCN(C2CC3CCCC(C2)N3C)C1=O. The molecule has 0 aliphatic carbocycles. The van der Waals surface area contributed by atoms with Crippen LogP contribution in [0.1, 0.15) is 58.8 Å². The number of nitrogens with zero attached hydrogens (tertiary/aromatic N) is 2. The van der Waals surface area contributed by atoms with Crippen LogP contribution in [0, 0.1) is 0 Å². The highest BCUT2D eigenvalue weighted by molar-refractivity contribution is 5.83. The van der Waals surface area contributed by atoms with Crippen LogP contribution in [0.25, 0.3) is 0 Å². The minimum atomic E-state index is 0.0539. The molecule has 3 fully saturated rings. The van der Waals surface area contributed by atoms with Crippen molar-refractivity contribution in [3.63, 3.8) is 0 Å². The zero-order chi connectivity index (χ0) is 15.0. The second-order valence-electron chi connectivity index (χ2n) is 7.58. The van der Waals surface area contributed by atoms with Crippen LogP contribution in [-0.4, -0.2) is 59.5 Å². The van der Waals surface area contributed by atoms with Gasteiger partial charge in [-0.2, -0.15) is 0 Å². The molecular formula is C17H31N3O. The molecule has 0 radical (unpaired) electrons. The first kappa shape index (κ1) is 15.3. The Bertz CT molecular complexity index is 370. The summed E-state index contributed by atoms with van der Waals surface area (Å²) >= 11 is 0. The van der Waals surface area contributed by atoms with Crippen LogP contribution < -0.4 is 5.32 Å². The largest absolute Gasteiger partial charge is 0.338 e. The van der Waals surface area contributed by atoms with Gasteiger partial charge >= 0.3 is 0 Å². The lowest BCUT2D eigenvalue weighted by Gasteiger charge is -2.51. The van der Waals surface area contributed by atoms with Crippen molar-refractivity contribution in [1.82, 2.24) is 15.1 Å². The molecule has 3 aliphatic heterocycles. The molecule has 3 heterocycles. The maximum absolute atomic E-state index is 12.8. The smallest absolute Gasteiger partial charge is 0.239 e. The van der Waals surface area contributed by atoms with Crippen molar-refractivity contribution in [2.75, 3.05) is 13.6 Å². The number of carbonyl (C=O) groups excluding carboxylic acids is 1. The molecule has 3 unspecified atom stereocenters. The molecule has 0 spiro atoms. The number of amides is 1. The summed E-state index contributed by atoms with van der Waals surface area (Å²) in [5, 5.41) is 3.46. The average Bonchev–Trinajstić information content (AvgIpc) is 2.40. The Morgan fingerprint density at radius 2 is 1.71 bits per heavy atom. The molecule has 3 rings (SSSR count). The second-order valence-corrected chi connectivity index (χ2v) is 7.58. The Morgan fingerprint density at radius 1 is 1.05 bits per heavy atom. The van der Waals surface area contributed by atoms with E-state index in [1.165, 1.54) is 32.1 Å². The molecule has 0 saturated carbocycles. The highest BCUT2D eigenvalue weighted by atomic mass is 16.2. The maximum atomic E-state index is 12.8. The molecular weight excluding hydrogens is 262 g/mol. The summed E-state index contributed by atoms with van der Waals surface area (Å²) in [5.74, 6) is 0.363. The van der Waals surface area contributed by atoms with Gasteiger partial charge in [0.05, 0.1) is 6.04 Å². The van der Waals surface area contributed by atoms with E-state index < -0.39 is 0 Å². The van der Waals surface area contributed by atoms with Crippen molar-refractivity contribution in [3.8, 4) is 0 Å². The first-order chi connectivity index (χ1) is 10.1. The molecule has 21 heavy (non-hydrogen) atoms. The number of likely N-dealkylation sites (tertiary alicyclic amines) is 1. The van der Waals surface area contributed by atoms with Gasteiger partial charge in [-0.1, -0.05) is 20.3 Å². The zero-order valence-electron chi connectivity index (χ0n) is 13.8. The molecule has 4 heteroatoms. The van der Waals surface area contributed by atoms with E-state index in [0.717, 1.165) is 19.4 Å². The lowest BCUT2D eigenvalue weighted by molar-refractivity contribution is -0.141. The third kappa shape index (κ3) is 3.11. The highest BCUT2D eigenvalue weighted by Crippen LogP contribution is 2.35. The molecule has 1 amide bonds. The van der Waals surface area contributed by atoms with Gasteiger partial charge in [0.1, 0.15) is 0 Å². The van der Waals surface area contributed by atoms with Crippen molar-refractivity contribution in [1.29, 1.82) is 0 Å². The van der Waals surface area contributed by atoms with Crippen LogP contribution in [0.3, 0.4) is 0 Å². The third-order valence-electron chi connectivity index (χ3n) is 5.76. The average molecular weight is 293 g/mol. The van der Waals surface area contributed by atoms with Gasteiger partial charge in [0.2, 0.25) is 5.91 Å². The molecule has 2 bridgehead atoms. The van der Waals surface area contributed by atoms with Gasteiger partial charge in [0.15, 0.2) is 0 Å². The Kier molecular flexibility index (Phi) is 4.55. The number of piperidine rings is 3. The molecule has 0 aromatic heterocycles. The van der Waals surface area contributed by atoms with E-state index in [-0.39, 0.29) is 6.04 Å². The summed E-state index contributed by atoms with van der Waals surface area (Å²) in [5.41, 5.74) is 0. The number of hydrogen-bond donors (Lipinski definition) is 1. The fraction of sp³-hybridized carbons (Fsp3) is 0.941. The first-order valence-corrected chi connectivity index (χ1v) is 8.84. The van der Waals surface area contributed by atoms with Gasteiger partial charge in [-0.05, 0) is 45.6 Å². The summed E-state index contributed by atoms with van der Waals surface area (Å²) < 4.78 is 0. The van der Waals surface area contributed by atoms with E-state index >= 15 is 0 Å².